The van der Waals surface area contributed by atoms with Crippen LogP contribution in [0.25, 0.3) is 0 Å². The molecule has 0 aromatic carbocycles. The van der Waals surface area contributed by atoms with Crippen LogP contribution in [0.3, 0.4) is 0 Å². The molecule has 0 unspecified atom stereocenters. The molecule has 6 nitrogen and oxygen atoms in total. The van der Waals surface area contributed by atoms with Gasteiger partial charge in [0.25, 0.3) is 0 Å². The van der Waals surface area contributed by atoms with Crippen LogP contribution in [0.2, 0.25) is 0 Å². The molecule has 135 valence electrons. The van der Waals surface area contributed by atoms with E-state index >= 15 is 0 Å². The predicted molar refractivity (Wildman–Crippen MR) is 85.1 cm³/mol. The van der Waals surface area contributed by atoms with Gasteiger partial charge in [-0.25, -0.2) is 0 Å². The summed E-state index contributed by atoms with van der Waals surface area (Å²) in [7, 11) is 0. The van der Waals surface area contributed by atoms with Crippen LogP contribution in [0, 0.1) is 0 Å². The number of carbonyl (C=O) groups excluding carboxylic acids is 2. The molecule has 0 aliphatic rings. The average Bonchev–Trinajstić information content (AvgIpc) is 2.33. The van der Waals surface area contributed by atoms with Crippen molar-refractivity contribution in [2.75, 3.05) is 6.61 Å². The van der Waals surface area contributed by atoms with Crippen molar-refractivity contribution in [2.45, 2.75) is 73.2 Å². The van der Waals surface area contributed by atoms with Crippen LogP contribution in [0.5, 0.6) is 0 Å². The standard InChI is InChI=1S/C7H10O3.3C3H7O.Ti/c1-3-4-10-7(9)5-6(2)8;3*1-3(2)4;/h3H,1,4-5H2,2H3;3*3H,1-2H3;/q;3*-1;+3. The van der Waals surface area contributed by atoms with Gasteiger partial charge in [0.15, 0.2) is 0 Å². The summed E-state index contributed by atoms with van der Waals surface area (Å²) in [6.45, 7) is 16.9. The summed E-state index contributed by atoms with van der Waals surface area (Å²) in [5.74, 6) is -0.679. The summed E-state index contributed by atoms with van der Waals surface area (Å²) >= 11 is -2.18. The second-order valence-electron chi connectivity index (χ2n) is 5.60. The first-order valence-electron chi connectivity index (χ1n) is 7.71. The molecule has 0 radical (unpaired) electrons. The molecular weight excluding hydrogens is 336 g/mol. The Balaban J connectivity index is 0. The molecule has 0 aliphatic carbocycles. The van der Waals surface area contributed by atoms with E-state index in [-0.39, 0.29) is 37.1 Å². The van der Waals surface area contributed by atoms with Crippen LogP contribution >= 0.6 is 0 Å². The molecule has 0 saturated carbocycles. The number of ether oxygens (including phenoxy) is 1. The fourth-order valence-corrected chi connectivity index (χ4v) is 3.13. The Hall–Kier alpha value is -0.526. The van der Waals surface area contributed by atoms with Gasteiger partial charge in [-0.15, -0.1) is 0 Å². The van der Waals surface area contributed by atoms with Crippen LogP contribution in [0.4, 0.5) is 0 Å². The van der Waals surface area contributed by atoms with Gasteiger partial charge in [-0.2, -0.15) is 0 Å². The molecule has 0 atom stereocenters. The topological polar surface area (TPSA) is 71.1 Å². The molecule has 0 amide bonds. The summed E-state index contributed by atoms with van der Waals surface area (Å²) < 4.78 is 21.3. The second-order valence-corrected chi connectivity index (χ2v) is 7.49. The van der Waals surface area contributed by atoms with Gasteiger partial charge in [-0.1, -0.05) is 12.7 Å². The molecular formula is C16H31O6Ti. The molecule has 23 heavy (non-hydrogen) atoms. The van der Waals surface area contributed by atoms with Crippen molar-refractivity contribution in [3.8, 4) is 0 Å². The first-order valence-corrected chi connectivity index (χ1v) is 9.62. The zero-order chi connectivity index (χ0) is 18.4. The predicted octanol–water partition coefficient (Wildman–Crippen LogP) is 3.32. The molecule has 0 heterocycles. The van der Waals surface area contributed by atoms with Crippen LogP contribution in [-0.2, 0) is 43.3 Å². The average molecular weight is 367 g/mol. The van der Waals surface area contributed by atoms with Crippen molar-refractivity contribution in [3.05, 3.63) is 12.7 Å². The van der Waals surface area contributed by atoms with E-state index in [1.165, 1.54) is 13.0 Å². The molecule has 0 bridgehead atoms. The normalized spacial score (nSPS) is 10.3. The van der Waals surface area contributed by atoms with Crippen molar-refractivity contribution in [2.24, 2.45) is 0 Å². The number of esters is 1. The van der Waals surface area contributed by atoms with Crippen LogP contribution in [0.1, 0.15) is 54.9 Å². The molecule has 0 spiro atoms. The van der Waals surface area contributed by atoms with E-state index in [0.29, 0.717) is 0 Å². The molecule has 0 saturated heterocycles. The Morgan fingerprint density at radius 1 is 0.957 bits per heavy atom. The zero-order valence-electron chi connectivity index (χ0n) is 15.4. The van der Waals surface area contributed by atoms with Gasteiger partial charge in [0, 0.05) is 0 Å². The summed E-state index contributed by atoms with van der Waals surface area (Å²) in [5.41, 5.74) is 0. The summed E-state index contributed by atoms with van der Waals surface area (Å²) in [5, 5.41) is 0. The fourth-order valence-electron chi connectivity index (χ4n) is 1.07. The summed E-state index contributed by atoms with van der Waals surface area (Å²) in [4.78, 5) is 20.8. The van der Waals surface area contributed by atoms with Gasteiger partial charge in [0.2, 0.25) is 0 Å². The zero-order valence-corrected chi connectivity index (χ0v) is 16.9. The maximum atomic E-state index is 10.5. The Morgan fingerprint density at radius 3 is 1.61 bits per heavy atom. The fraction of sp³-hybridized carbons (Fsp3) is 0.750. The molecule has 0 rings (SSSR count). The van der Waals surface area contributed by atoms with E-state index in [4.69, 9.17) is 9.96 Å². The number of rotatable bonds is 10. The maximum absolute atomic E-state index is 10.5. The first-order chi connectivity index (χ1) is 10.6. The third-order valence-electron chi connectivity index (χ3n) is 1.75. The van der Waals surface area contributed by atoms with E-state index in [2.05, 4.69) is 11.3 Å². The van der Waals surface area contributed by atoms with E-state index in [0.717, 1.165) is 0 Å². The van der Waals surface area contributed by atoms with Gasteiger partial charge < -0.3 is 4.74 Å². The van der Waals surface area contributed by atoms with Crippen molar-refractivity contribution in [1.82, 2.24) is 0 Å². The molecule has 0 aromatic heterocycles. The minimum atomic E-state index is -2.18. The number of hydrogen-bond acceptors (Lipinski definition) is 6. The first kappa shape index (κ1) is 24.7. The quantitative estimate of drug-likeness (QED) is 0.255. The molecule has 0 fully saturated rings. The molecule has 0 aliphatic heterocycles. The van der Waals surface area contributed by atoms with Crippen LogP contribution < -0.4 is 0 Å². The molecule has 0 N–H and O–H groups in total. The number of hydrogen-bond donors (Lipinski definition) is 0. The summed E-state index contributed by atoms with van der Waals surface area (Å²) in [6, 6.07) is 0. The number of carbonyl (C=O) groups is 2. The number of ketones is 1. The SMILES string of the molecule is C=CCOC(=O)CC(C)=O.CC(C)[O][Ti]([O]C(C)C)[O]C(C)C. The number of Topliss-reactive ketones (excluding diaryl/α,β-unsaturated/α-hetero) is 1. The third kappa shape index (κ3) is 21.5. The third-order valence-corrected chi connectivity index (χ3v) is 4.86. The minimum absolute atomic E-state index is 0.145. The van der Waals surface area contributed by atoms with E-state index in [9.17, 15) is 9.59 Å². The van der Waals surface area contributed by atoms with Gasteiger partial charge in [0.05, 0.1) is 0 Å². The second kappa shape index (κ2) is 15.0. The van der Waals surface area contributed by atoms with E-state index in [1.807, 2.05) is 41.5 Å². The molecule has 0 aromatic rings. The Morgan fingerprint density at radius 2 is 1.35 bits per heavy atom. The molecule has 7 heteroatoms. The van der Waals surface area contributed by atoms with Crippen molar-refractivity contribution < 1.29 is 43.3 Å². The van der Waals surface area contributed by atoms with Crippen molar-refractivity contribution in [3.63, 3.8) is 0 Å². The van der Waals surface area contributed by atoms with Crippen molar-refractivity contribution in [1.29, 1.82) is 0 Å². The van der Waals surface area contributed by atoms with Crippen LogP contribution in [-0.4, -0.2) is 36.7 Å². The summed E-state index contributed by atoms with van der Waals surface area (Å²) in [6.07, 6.45) is 1.87. The Labute approximate surface area is 147 Å². The van der Waals surface area contributed by atoms with Gasteiger partial charge in [0.1, 0.15) is 18.8 Å². The van der Waals surface area contributed by atoms with Crippen LogP contribution in [0.15, 0.2) is 12.7 Å². The van der Waals surface area contributed by atoms with Crippen molar-refractivity contribution >= 4 is 11.8 Å². The Bertz CT molecular complexity index is 318. The Kier molecular flexibility index (Phi) is 16.2. The van der Waals surface area contributed by atoms with Gasteiger partial charge in [-0.05, 0) is 6.92 Å². The van der Waals surface area contributed by atoms with Gasteiger partial charge >= 0.3 is 94.8 Å². The van der Waals surface area contributed by atoms with Gasteiger partial charge in [-0.3, -0.25) is 9.59 Å². The van der Waals surface area contributed by atoms with E-state index in [1.54, 1.807) is 0 Å². The monoisotopic (exact) mass is 367 g/mol. The van der Waals surface area contributed by atoms with E-state index < -0.39 is 25.0 Å².